The van der Waals surface area contributed by atoms with Gasteiger partial charge < -0.3 is 10.0 Å². The zero-order valence-electron chi connectivity index (χ0n) is 15.4. The Hall–Kier alpha value is -1.95. The molecule has 0 atom stereocenters. The Bertz CT molecular complexity index is 756. The Morgan fingerprint density at radius 1 is 1.23 bits per heavy atom. The van der Waals surface area contributed by atoms with Crippen molar-refractivity contribution in [2.75, 3.05) is 13.1 Å². The normalized spacial score (nSPS) is 16.2. The van der Waals surface area contributed by atoms with Gasteiger partial charge in [0.15, 0.2) is 0 Å². The fourth-order valence-electron chi connectivity index (χ4n) is 3.83. The standard InChI is InChI=1S/C20H26N2O3S/c1-3-20(4-2,13-17-21-15-7-5-6-8-16(15)26-17)19(25)22-11-9-14(10-12-22)18(23)24/h5-8,14H,3-4,9-13H2,1-2H3,(H,23,24). The van der Waals surface area contributed by atoms with E-state index in [4.69, 9.17) is 10.1 Å². The van der Waals surface area contributed by atoms with Gasteiger partial charge in [-0.1, -0.05) is 26.0 Å². The lowest BCUT2D eigenvalue weighted by Crippen LogP contribution is -2.48. The van der Waals surface area contributed by atoms with Gasteiger partial charge in [-0.05, 0) is 37.8 Å². The van der Waals surface area contributed by atoms with Crippen molar-refractivity contribution in [2.45, 2.75) is 46.0 Å². The first-order valence-electron chi connectivity index (χ1n) is 9.35. The van der Waals surface area contributed by atoms with Crippen molar-refractivity contribution in [3.63, 3.8) is 0 Å². The molecule has 1 aliphatic heterocycles. The number of rotatable bonds is 6. The number of fused-ring (bicyclic) bond motifs is 1. The number of carboxylic acids is 1. The number of aliphatic carboxylic acids is 1. The van der Waals surface area contributed by atoms with Crippen LogP contribution in [0.5, 0.6) is 0 Å². The van der Waals surface area contributed by atoms with Gasteiger partial charge in [0.1, 0.15) is 0 Å². The molecule has 1 amide bonds. The SMILES string of the molecule is CCC(CC)(Cc1nc2ccccc2s1)C(=O)N1CCC(C(=O)O)CC1. The third kappa shape index (κ3) is 3.61. The molecular weight excluding hydrogens is 348 g/mol. The number of nitrogens with zero attached hydrogens (tertiary/aromatic N) is 2. The molecular formula is C20H26N2O3S. The first-order valence-corrected chi connectivity index (χ1v) is 10.2. The van der Waals surface area contributed by atoms with Crippen molar-refractivity contribution >= 4 is 33.4 Å². The molecule has 6 heteroatoms. The molecule has 140 valence electrons. The second-order valence-corrected chi connectivity index (χ2v) is 8.26. The minimum Gasteiger partial charge on any atom is -0.481 e. The van der Waals surface area contributed by atoms with Crippen molar-refractivity contribution in [2.24, 2.45) is 11.3 Å². The van der Waals surface area contributed by atoms with Crippen molar-refractivity contribution in [1.82, 2.24) is 9.88 Å². The fourth-order valence-corrected chi connectivity index (χ4v) is 4.94. The molecule has 2 aromatic rings. The van der Waals surface area contributed by atoms with Crippen LogP contribution in [0.25, 0.3) is 10.2 Å². The van der Waals surface area contributed by atoms with Crippen molar-refractivity contribution in [3.05, 3.63) is 29.3 Å². The minimum atomic E-state index is -0.746. The smallest absolute Gasteiger partial charge is 0.306 e. The molecule has 0 unspecified atom stereocenters. The number of carbonyl (C=O) groups excluding carboxylic acids is 1. The van der Waals surface area contributed by atoms with E-state index in [9.17, 15) is 9.59 Å². The van der Waals surface area contributed by atoms with E-state index in [1.165, 1.54) is 0 Å². The molecule has 1 N–H and O–H groups in total. The van der Waals surface area contributed by atoms with Crippen LogP contribution in [0.3, 0.4) is 0 Å². The number of hydrogen-bond acceptors (Lipinski definition) is 4. The van der Waals surface area contributed by atoms with Crippen LogP contribution in [-0.4, -0.2) is 40.0 Å². The monoisotopic (exact) mass is 374 g/mol. The largest absolute Gasteiger partial charge is 0.481 e. The van der Waals surface area contributed by atoms with Crippen LogP contribution < -0.4 is 0 Å². The van der Waals surface area contributed by atoms with Crippen LogP contribution in [-0.2, 0) is 16.0 Å². The molecule has 0 spiro atoms. The van der Waals surface area contributed by atoms with Crippen LogP contribution in [0, 0.1) is 11.3 Å². The number of benzene rings is 1. The van der Waals surface area contributed by atoms with Gasteiger partial charge >= 0.3 is 5.97 Å². The Balaban J connectivity index is 1.78. The molecule has 1 aromatic carbocycles. The van der Waals surface area contributed by atoms with Crippen LogP contribution in [0.1, 0.15) is 44.5 Å². The molecule has 3 rings (SSSR count). The number of piperidine rings is 1. The van der Waals surface area contributed by atoms with Gasteiger partial charge in [-0.25, -0.2) is 4.98 Å². The van der Waals surface area contributed by atoms with Crippen LogP contribution >= 0.6 is 11.3 Å². The van der Waals surface area contributed by atoms with Crippen molar-refractivity contribution in [1.29, 1.82) is 0 Å². The zero-order valence-corrected chi connectivity index (χ0v) is 16.2. The fraction of sp³-hybridized carbons (Fsp3) is 0.550. The number of aromatic nitrogens is 1. The molecule has 1 fully saturated rings. The average molecular weight is 375 g/mol. The summed E-state index contributed by atoms with van der Waals surface area (Å²) in [5, 5.41) is 10.2. The zero-order chi connectivity index (χ0) is 18.7. The Labute approximate surface area is 158 Å². The predicted octanol–water partition coefficient (Wildman–Crippen LogP) is 3.97. The molecule has 0 aliphatic carbocycles. The number of thiazole rings is 1. The molecule has 26 heavy (non-hydrogen) atoms. The molecule has 0 saturated carbocycles. The molecule has 0 bridgehead atoms. The Morgan fingerprint density at radius 2 is 1.88 bits per heavy atom. The maximum Gasteiger partial charge on any atom is 0.306 e. The predicted molar refractivity (Wildman–Crippen MR) is 103 cm³/mol. The lowest BCUT2D eigenvalue weighted by Gasteiger charge is -2.38. The Kier molecular flexibility index (Phi) is 5.61. The highest BCUT2D eigenvalue weighted by molar-refractivity contribution is 7.18. The maximum absolute atomic E-state index is 13.3. The molecule has 1 saturated heterocycles. The highest BCUT2D eigenvalue weighted by Gasteiger charge is 2.40. The maximum atomic E-state index is 13.3. The summed E-state index contributed by atoms with van der Waals surface area (Å²) in [4.78, 5) is 31.1. The van der Waals surface area contributed by atoms with Gasteiger partial charge in [-0.2, -0.15) is 0 Å². The first-order chi connectivity index (χ1) is 12.5. The van der Waals surface area contributed by atoms with E-state index >= 15 is 0 Å². The summed E-state index contributed by atoms with van der Waals surface area (Å²) in [5.74, 6) is -0.907. The van der Waals surface area contributed by atoms with Gasteiger partial charge in [0.2, 0.25) is 5.91 Å². The summed E-state index contributed by atoms with van der Waals surface area (Å²) in [6.07, 6.45) is 3.27. The van der Waals surface area contributed by atoms with E-state index in [1.807, 2.05) is 23.1 Å². The van der Waals surface area contributed by atoms with Gasteiger partial charge in [0, 0.05) is 19.5 Å². The second kappa shape index (κ2) is 7.74. The first kappa shape index (κ1) is 18.8. The number of likely N-dealkylation sites (tertiary alicyclic amines) is 1. The quantitative estimate of drug-likeness (QED) is 0.830. The Morgan fingerprint density at radius 3 is 2.46 bits per heavy atom. The molecule has 1 aliphatic rings. The second-order valence-electron chi connectivity index (χ2n) is 7.14. The summed E-state index contributed by atoms with van der Waals surface area (Å²) in [7, 11) is 0. The van der Waals surface area contributed by atoms with E-state index in [1.54, 1.807) is 11.3 Å². The number of hydrogen-bond donors (Lipinski definition) is 1. The molecule has 2 heterocycles. The van der Waals surface area contributed by atoms with E-state index in [0.717, 1.165) is 28.1 Å². The number of para-hydroxylation sites is 1. The van der Waals surface area contributed by atoms with E-state index < -0.39 is 11.4 Å². The third-order valence-corrected chi connectivity index (χ3v) is 6.80. The van der Waals surface area contributed by atoms with Crippen LogP contribution in [0.4, 0.5) is 0 Å². The van der Waals surface area contributed by atoms with E-state index in [0.29, 0.717) is 32.4 Å². The minimum absolute atomic E-state index is 0.158. The lowest BCUT2D eigenvalue weighted by atomic mass is 9.77. The molecule has 1 aromatic heterocycles. The highest BCUT2D eigenvalue weighted by atomic mass is 32.1. The van der Waals surface area contributed by atoms with Gasteiger partial charge in [-0.3, -0.25) is 9.59 Å². The lowest BCUT2D eigenvalue weighted by molar-refractivity contribution is -0.149. The highest BCUT2D eigenvalue weighted by Crippen LogP contribution is 2.37. The summed E-state index contributed by atoms with van der Waals surface area (Å²) in [6.45, 7) is 5.21. The van der Waals surface area contributed by atoms with Gasteiger partial charge in [-0.15, -0.1) is 11.3 Å². The number of carboxylic acid groups (broad SMARTS) is 1. The summed E-state index contributed by atoms with van der Waals surface area (Å²) in [5.41, 5.74) is 0.535. The average Bonchev–Trinajstić information content (AvgIpc) is 3.08. The molecule has 5 nitrogen and oxygen atoms in total. The van der Waals surface area contributed by atoms with Crippen molar-refractivity contribution in [3.8, 4) is 0 Å². The van der Waals surface area contributed by atoms with Crippen molar-refractivity contribution < 1.29 is 14.7 Å². The summed E-state index contributed by atoms with van der Waals surface area (Å²) >= 11 is 1.66. The molecule has 0 radical (unpaired) electrons. The third-order valence-electron chi connectivity index (χ3n) is 5.77. The summed E-state index contributed by atoms with van der Waals surface area (Å²) < 4.78 is 1.15. The van der Waals surface area contributed by atoms with E-state index in [-0.39, 0.29) is 11.8 Å². The van der Waals surface area contributed by atoms with Gasteiger partial charge in [0.05, 0.1) is 26.6 Å². The van der Waals surface area contributed by atoms with Crippen LogP contribution in [0.15, 0.2) is 24.3 Å². The summed E-state index contributed by atoms with van der Waals surface area (Å²) in [6, 6.07) is 8.06. The number of amides is 1. The topological polar surface area (TPSA) is 70.5 Å². The van der Waals surface area contributed by atoms with E-state index in [2.05, 4.69) is 19.9 Å². The van der Waals surface area contributed by atoms with Gasteiger partial charge in [0.25, 0.3) is 0 Å². The van der Waals surface area contributed by atoms with Crippen LogP contribution in [0.2, 0.25) is 0 Å². The number of carbonyl (C=O) groups is 2.